The molecule has 6 bridgehead atoms. The number of nitro groups is 2. The summed E-state index contributed by atoms with van der Waals surface area (Å²) in [5.74, 6) is -1.26. The van der Waals surface area contributed by atoms with Gasteiger partial charge in [-0.15, -0.1) is 34.0 Å². The Bertz CT molecular complexity index is 1770. The van der Waals surface area contributed by atoms with Gasteiger partial charge < -0.3 is 16.0 Å². The van der Waals surface area contributed by atoms with Gasteiger partial charge in [0.2, 0.25) is 0 Å². The molecule has 1 aromatic carbocycles. The third kappa shape index (κ3) is 7.04. The van der Waals surface area contributed by atoms with Crippen molar-refractivity contribution in [3.8, 4) is 0 Å². The number of hydrogen-bond donors (Lipinski definition) is 3. The molecule has 20 heteroatoms. The Kier molecular flexibility index (Phi) is 9.53. The van der Waals surface area contributed by atoms with Crippen molar-refractivity contribution in [2.24, 2.45) is 0 Å². The third-order valence-electron chi connectivity index (χ3n) is 6.04. The number of carbonyl (C=O) groups excluding carboxylic acids is 3. The number of fused-ring (bicyclic) bond motifs is 6. The van der Waals surface area contributed by atoms with Crippen LogP contribution in [0.1, 0.15) is 78.5 Å². The van der Waals surface area contributed by atoms with E-state index >= 15 is 0 Å². The summed E-state index contributed by atoms with van der Waals surface area (Å²) in [5.41, 5.74) is -0.407. The molecule has 5 rings (SSSR count). The van der Waals surface area contributed by atoms with E-state index in [2.05, 4.69) is 30.9 Å². The number of nitrogens with one attached hydrogen (secondary N) is 3. The number of benzene rings is 1. The number of non-ortho nitro benzene ring substituents is 1. The van der Waals surface area contributed by atoms with Crippen LogP contribution in [0.4, 0.5) is 11.4 Å². The van der Waals surface area contributed by atoms with Crippen LogP contribution in [0.25, 0.3) is 0 Å². The lowest BCUT2D eigenvalue weighted by atomic mass is 10.3. The van der Waals surface area contributed by atoms with Crippen molar-refractivity contribution < 1.29 is 24.2 Å². The number of carbonyl (C=O) groups is 3. The number of rotatable bonds is 6. The van der Waals surface area contributed by atoms with E-state index in [1.165, 1.54) is 34.8 Å². The van der Waals surface area contributed by atoms with Crippen molar-refractivity contribution in [1.82, 2.24) is 30.9 Å². The summed E-state index contributed by atoms with van der Waals surface area (Å²) in [6, 6.07) is 1.60. The zero-order valence-corrected chi connectivity index (χ0v) is 26.6. The molecule has 0 fully saturated rings. The first-order valence-corrected chi connectivity index (χ1v) is 17.5. The first kappa shape index (κ1) is 31.4. The van der Waals surface area contributed by atoms with Crippen LogP contribution in [0.2, 0.25) is 0 Å². The molecule has 1 aliphatic heterocycles. The van der Waals surface area contributed by atoms with Crippen LogP contribution in [0.15, 0.2) is 39.2 Å². The van der Waals surface area contributed by atoms with E-state index in [0.29, 0.717) is 15.0 Å². The predicted molar refractivity (Wildman–Crippen MR) is 166 cm³/mol. The van der Waals surface area contributed by atoms with Crippen molar-refractivity contribution in [2.45, 2.75) is 36.9 Å². The number of aromatic nitrogens is 3. The van der Waals surface area contributed by atoms with Gasteiger partial charge in [-0.05, 0) is 19.9 Å². The molecule has 0 saturated carbocycles. The summed E-state index contributed by atoms with van der Waals surface area (Å²) >= 11 is 3.58. The summed E-state index contributed by atoms with van der Waals surface area (Å²) < 4.78 is 0. The fourth-order valence-corrected chi connectivity index (χ4v) is 8.70. The van der Waals surface area contributed by atoms with Gasteiger partial charge in [-0.1, -0.05) is 21.6 Å². The summed E-state index contributed by atoms with van der Waals surface area (Å²) in [6.45, 7) is 3.47. The van der Waals surface area contributed by atoms with Crippen LogP contribution in [0.3, 0.4) is 0 Å². The maximum atomic E-state index is 13.3. The molecule has 3 aromatic heterocycles. The molecule has 228 valence electrons. The van der Waals surface area contributed by atoms with Crippen molar-refractivity contribution in [1.29, 1.82) is 0 Å². The maximum absolute atomic E-state index is 13.3. The van der Waals surface area contributed by atoms with E-state index in [9.17, 15) is 34.6 Å². The SMILES string of the molecule is C[C@@H]1NC(=O)c2csc(n2)[C@H](CSSc2ccc([N+](=O)[O-])cc2[N+](=O)[O-])NC(=O)c2csc(n2)[C@H](C)NC(=O)c2csc1n2. The Morgan fingerprint density at radius 1 is 0.773 bits per heavy atom. The molecule has 3 atom stereocenters. The van der Waals surface area contributed by atoms with Crippen LogP contribution >= 0.6 is 55.6 Å². The molecule has 44 heavy (non-hydrogen) atoms. The third-order valence-corrected chi connectivity index (χ3v) is 11.5. The van der Waals surface area contributed by atoms with E-state index in [1.54, 1.807) is 30.0 Å². The topological polar surface area (TPSA) is 212 Å². The molecule has 0 aliphatic carbocycles. The Labute approximate surface area is 268 Å². The fourth-order valence-electron chi connectivity index (χ4n) is 3.80. The average Bonchev–Trinajstić information content (AvgIpc) is 3.77. The zero-order chi connectivity index (χ0) is 31.5. The average molecular weight is 693 g/mol. The van der Waals surface area contributed by atoms with Gasteiger partial charge in [0.15, 0.2) is 0 Å². The number of amides is 3. The van der Waals surface area contributed by atoms with E-state index < -0.39 is 57.1 Å². The van der Waals surface area contributed by atoms with Crippen molar-refractivity contribution in [3.63, 3.8) is 0 Å². The first-order chi connectivity index (χ1) is 21.0. The molecule has 0 radical (unpaired) electrons. The van der Waals surface area contributed by atoms with Crippen LogP contribution in [-0.4, -0.2) is 48.3 Å². The van der Waals surface area contributed by atoms with Crippen molar-refractivity contribution in [3.05, 3.63) is 86.7 Å². The Morgan fingerprint density at radius 3 is 1.80 bits per heavy atom. The monoisotopic (exact) mass is 692 g/mol. The molecule has 4 heterocycles. The van der Waals surface area contributed by atoms with Crippen molar-refractivity contribution >= 4 is 84.7 Å². The van der Waals surface area contributed by atoms with E-state index in [4.69, 9.17) is 0 Å². The molecule has 3 N–H and O–H groups in total. The van der Waals surface area contributed by atoms with Gasteiger partial charge >= 0.3 is 0 Å². The van der Waals surface area contributed by atoms with Gasteiger partial charge in [0.1, 0.15) is 32.1 Å². The minimum Gasteiger partial charge on any atom is -0.342 e. The molecule has 0 unspecified atom stereocenters. The van der Waals surface area contributed by atoms with Crippen LogP contribution in [0.5, 0.6) is 0 Å². The highest BCUT2D eigenvalue weighted by atomic mass is 33.1. The van der Waals surface area contributed by atoms with Crippen molar-refractivity contribution in [2.75, 3.05) is 5.75 Å². The van der Waals surface area contributed by atoms with E-state index in [0.717, 1.165) is 39.0 Å². The second kappa shape index (κ2) is 13.3. The first-order valence-electron chi connectivity index (χ1n) is 12.5. The highest BCUT2D eigenvalue weighted by Gasteiger charge is 2.27. The number of nitrogens with zero attached hydrogens (tertiary/aromatic N) is 5. The molecule has 0 saturated heterocycles. The molecule has 4 aromatic rings. The number of hydrogen-bond acceptors (Lipinski definition) is 15. The lowest BCUT2D eigenvalue weighted by Crippen LogP contribution is -2.31. The lowest BCUT2D eigenvalue weighted by Gasteiger charge is -2.16. The fraction of sp³-hybridized carbons (Fsp3) is 0.250. The largest absolute Gasteiger partial charge is 0.342 e. The molecule has 0 spiro atoms. The highest BCUT2D eigenvalue weighted by molar-refractivity contribution is 8.76. The zero-order valence-electron chi connectivity index (χ0n) is 22.5. The summed E-state index contributed by atoms with van der Waals surface area (Å²) in [4.78, 5) is 73.7. The van der Waals surface area contributed by atoms with Gasteiger partial charge in [-0.2, -0.15) is 0 Å². The van der Waals surface area contributed by atoms with Gasteiger partial charge in [0.25, 0.3) is 29.1 Å². The maximum Gasteiger partial charge on any atom is 0.290 e. The lowest BCUT2D eigenvalue weighted by molar-refractivity contribution is -0.396. The molecular weight excluding hydrogens is 673 g/mol. The quantitative estimate of drug-likeness (QED) is 0.137. The van der Waals surface area contributed by atoms with Gasteiger partial charge in [-0.25, -0.2) is 15.0 Å². The molecular formula is C24H20N8O7S5. The van der Waals surface area contributed by atoms with Gasteiger partial charge in [0, 0.05) is 28.0 Å². The Hall–Kier alpha value is -3.98. The summed E-state index contributed by atoms with van der Waals surface area (Å²) in [6.07, 6.45) is 0. The smallest absolute Gasteiger partial charge is 0.290 e. The number of nitro benzene ring substituents is 2. The molecule has 15 nitrogen and oxygen atoms in total. The minimum absolute atomic E-state index is 0.111. The highest BCUT2D eigenvalue weighted by Crippen LogP contribution is 2.41. The predicted octanol–water partition coefficient (Wildman–Crippen LogP) is 5.08. The Morgan fingerprint density at radius 2 is 1.27 bits per heavy atom. The normalized spacial score (nSPS) is 18.9. The second-order valence-electron chi connectivity index (χ2n) is 9.16. The summed E-state index contributed by atoms with van der Waals surface area (Å²) in [7, 11) is 2.18. The van der Waals surface area contributed by atoms with E-state index in [-0.39, 0.29) is 27.7 Å². The van der Waals surface area contributed by atoms with Gasteiger partial charge in [-0.3, -0.25) is 34.6 Å². The minimum atomic E-state index is -0.733. The molecule has 1 aliphatic rings. The van der Waals surface area contributed by atoms with Crippen LogP contribution in [0, 0.1) is 20.2 Å². The van der Waals surface area contributed by atoms with Gasteiger partial charge in [0.05, 0.1) is 38.9 Å². The Balaban J connectivity index is 1.42. The van der Waals surface area contributed by atoms with E-state index in [1.807, 2.05) is 0 Å². The second-order valence-corrected chi connectivity index (χ2v) is 14.2. The summed E-state index contributed by atoms with van der Waals surface area (Å²) in [5, 5.41) is 37.3. The van der Waals surface area contributed by atoms with Crippen LogP contribution in [-0.2, 0) is 0 Å². The number of thiazole rings is 3. The van der Waals surface area contributed by atoms with Crippen LogP contribution < -0.4 is 16.0 Å². The standard InChI is InChI=1S/C24H20N8O7S5/c1-10-22-28-13(6-40-22)19(33)25-11(2)23-29-15(7-41-23)21(35)27-16(24-30-14(8-42-24)20(34)26-10)9-43-44-18-4-3-12(31(36)37)5-17(18)32(38)39/h3-8,10-11,16H,9H2,1-2H3,(H,25,33)(H,26,34)(H,27,35)/t10-,11-,16-/m0/s1. The molecule has 3 amide bonds.